The molecule has 3 aromatic carbocycles. The Kier molecular flexibility index (Phi) is 6.66. The Labute approximate surface area is 188 Å². The molecule has 0 aromatic heterocycles. The molecule has 0 radical (unpaired) electrons. The number of likely N-dealkylation sites (tertiary alicyclic amines) is 1. The van der Waals surface area contributed by atoms with Gasteiger partial charge in [0.1, 0.15) is 11.6 Å². The molecule has 0 atom stereocenters. The van der Waals surface area contributed by atoms with Crippen molar-refractivity contribution >= 4 is 11.6 Å². The van der Waals surface area contributed by atoms with Gasteiger partial charge < -0.3 is 4.90 Å². The van der Waals surface area contributed by atoms with Gasteiger partial charge in [-0.15, -0.1) is 0 Å². The number of piperidine rings is 1. The second kappa shape index (κ2) is 9.61. The molecular formula is C27H28F2N2O. The largest absolute Gasteiger partial charge is 0.305 e. The summed E-state index contributed by atoms with van der Waals surface area (Å²) in [6, 6.07) is 19.5. The molecule has 0 saturated carbocycles. The van der Waals surface area contributed by atoms with E-state index in [0.717, 1.165) is 48.8 Å². The van der Waals surface area contributed by atoms with E-state index in [1.165, 1.54) is 12.1 Å². The van der Waals surface area contributed by atoms with E-state index in [-0.39, 0.29) is 11.9 Å². The van der Waals surface area contributed by atoms with Gasteiger partial charge in [-0.1, -0.05) is 41.5 Å². The third kappa shape index (κ3) is 5.05. The molecule has 0 spiro atoms. The quantitative estimate of drug-likeness (QED) is 0.500. The summed E-state index contributed by atoms with van der Waals surface area (Å²) >= 11 is 0. The molecule has 1 amide bonds. The lowest BCUT2D eigenvalue weighted by atomic mass is 9.99. The maximum Gasteiger partial charge on any atom is 0.258 e. The van der Waals surface area contributed by atoms with Crippen LogP contribution >= 0.6 is 0 Å². The van der Waals surface area contributed by atoms with Gasteiger partial charge in [0.25, 0.3) is 5.91 Å². The van der Waals surface area contributed by atoms with Crippen LogP contribution in [0.2, 0.25) is 0 Å². The number of hydrogen-bond acceptors (Lipinski definition) is 2. The Balaban J connectivity index is 1.51. The first-order valence-corrected chi connectivity index (χ1v) is 11.0. The predicted molar refractivity (Wildman–Crippen MR) is 124 cm³/mol. The molecule has 3 aromatic rings. The van der Waals surface area contributed by atoms with Crippen LogP contribution in [0.3, 0.4) is 0 Å². The van der Waals surface area contributed by atoms with Crippen LogP contribution in [0.25, 0.3) is 0 Å². The molecule has 1 aliphatic rings. The van der Waals surface area contributed by atoms with Gasteiger partial charge in [-0.3, -0.25) is 9.69 Å². The van der Waals surface area contributed by atoms with E-state index < -0.39 is 11.6 Å². The second-order valence-corrected chi connectivity index (χ2v) is 8.62. The molecule has 1 fully saturated rings. The van der Waals surface area contributed by atoms with E-state index in [2.05, 4.69) is 4.90 Å². The van der Waals surface area contributed by atoms with Crippen LogP contribution in [-0.2, 0) is 6.54 Å². The molecular weight excluding hydrogens is 406 g/mol. The first kappa shape index (κ1) is 22.2. The summed E-state index contributed by atoms with van der Waals surface area (Å²) < 4.78 is 27.3. The Morgan fingerprint density at radius 3 is 2.09 bits per heavy atom. The minimum atomic E-state index is -0.562. The van der Waals surface area contributed by atoms with Crippen LogP contribution in [0.1, 0.15) is 39.9 Å². The summed E-state index contributed by atoms with van der Waals surface area (Å²) in [5, 5.41) is 0. The SMILES string of the molecule is Cc1ccc(C(=O)N(c2ccc(C)cc2)C2CCN(Cc3ccc(F)cc3F)CC2)cc1. The summed E-state index contributed by atoms with van der Waals surface area (Å²) in [4.78, 5) is 17.6. The summed E-state index contributed by atoms with van der Waals surface area (Å²) in [5.41, 5.74) is 4.32. The molecule has 3 nitrogen and oxygen atoms in total. The number of carbonyl (C=O) groups is 1. The van der Waals surface area contributed by atoms with Crippen LogP contribution in [-0.4, -0.2) is 29.9 Å². The second-order valence-electron chi connectivity index (χ2n) is 8.62. The monoisotopic (exact) mass is 434 g/mol. The zero-order valence-electron chi connectivity index (χ0n) is 18.5. The van der Waals surface area contributed by atoms with Gasteiger partial charge in [-0.2, -0.15) is 0 Å². The van der Waals surface area contributed by atoms with E-state index in [0.29, 0.717) is 17.7 Å². The predicted octanol–water partition coefficient (Wildman–Crippen LogP) is 5.89. The smallest absolute Gasteiger partial charge is 0.258 e. The Morgan fingerprint density at radius 2 is 1.50 bits per heavy atom. The lowest BCUT2D eigenvalue weighted by molar-refractivity contribution is 0.0958. The summed E-state index contributed by atoms with van der Waals surface area (Å²) in [5.74, 6) is -1.08. The highest BCUT2D eigenvalue weighted by molar-refractivity contribution is 6.06. The van der Waals surface area contributed by atoms with Crippen molar-refractivity contribution in [3.05, 3.63) is 101 Å². The Hall–Kier alpha value is -3.05. The van der Waals surface area contributed by atoms with Crippen molar-refractivity contribution in [3.63, 3.8) is 0 Å². The van der Waals surface area contributed by atoms with E-state index in [1.54, 1.807) is 0 Å². The van der Waals surface area contributed by atoms with Crippen LogP contribution in [0, 0.1) is 25.5 Å². The van der Waals surface area contributed by atoms with Gasteiger partial charge in [0.05, 0.1) is 0 Å². The number of amides is 1. The highest BCUT2D eigenvalue weighted by Gasteiger charge is 2.30. The fraction of sp³-hybridized carbons (Fsp3) is 0.296. The number of rotatable bonds is 5. The molecule has 0 N–H and O–H groups in total. The van der Waals surface area contributed by atoms with Gasteiger partial charge in [0, 0.05) is 48.6 Å². The topological polar surface area (TPSA) is 23.6 Å². The average molecular weight is 435 g/mol. The maximum absolute atomic E-state index is 14.1. The van der Waals surface area contributed by atoms with E-state index in [4.69, 9.17) is 0 Å². The molecule has 32 heavy (non-hydrogen) atoms. The van der Waals surface area contributed by atoms with Crippen LogP contribution in [0.5, 0.6) is 0 Å². The van der Waals surface area contributed by atoms with Gasteiger partial charge in [0.2, 0.25) is 0 Å². The molecule has 166 valence electrons. The van der Waals surface area contributed by atoms with Crippen LogP contribution in [0.15, 0.2) is 66.7 Å². The van der Waals surface area contributed by atoms with Crippen molar-refractivity contribution in [2.75, 3.05) is 18.0 Å². The standard InChI is InChI=1S/C27H28F2N2O/c1-19-3-7-21(8-4-19)27(32)31(24-11-5-20(2)6-12-24)25-13-15-30(16-14-25)18-22-9-10-23(28)17-26(22)29/h3-12,17,25H,13-16,18H2,1-2H3. The number of halogens is 2. The maximum atomic E-state index is 14.1. The van der Waals surface area contributed by atoms with Crippen molar-refractivity contribution in [1.29, 1.82) is 0 Å². The van der Waals surface area contributed by atoms with Crippen LogP contribution in [0.4, 0.5) is 14.5 Å². The normalized spacial score (nSPS) is 15.0. The Morgan fingerprint density at radius 1 is 0.906 bits per heavy atom. The highest BCUT2D eigenvalue weighted by Crippen LogP contribution is 2.27. The lowest BCUT2D eigenvalue weighted by Crippen LogP contribution is -2.47. The van der Waals surface area contributed by atoms with Gasteiger partial charge in [-0.25, -0.2) is 8.78 Å². The van der Waals surface area contributed by atoms with E-state index in [1.807, 2.05) is 67.3 Å². The molecule has 0 aliphatic carbocycles. The lowest BCUT2D eigenvalue weighted by Gasteiger charge is -2.38. The average Bonchev–Trinajstić information content (AvgIpc) is 2.78. The molecule has 0 unspecified atom stereocenters. The van der Waals surface area contributed by atoms with Crippen molar-refractivity contribution in [2.45, 2.75) is 39.3 Å². The third-order valence-corrected chi connectivity index (χ3v) is 6.16. The fourth-order valence-electron chi connectivity index (χ4n) is 4.26. The molecule has 0 bridgehead atoms. The minimum absolute atomic E-state index is 0.00289. The third-order valence-electron chi connectivity index (χ3n) is 6.16. The van der Waals surface area contributed by atoms with Crippen molar-refractivity contribution < 1.29 is 13.6 Å². The summed E-state index contributed by atoms with van der Waals surface area (Å²) in [6.07, 6.45) is 1.57. The first-order chi connectivity index (χ1) is 15.4. The molecule has 5 heteroatoms. The minimum Gasteiger partial charge on any atom is -0.305 e. The highest BCUT2D eigenvalue weighted by atomic mass is 19.1. The van der Waals surface area contributed by atoms with Gasteiger partial charge in [0.15, 0.2) is 0 Å². The molecule has 1 heterocycles. The zero-order valence-corrected chi connectivity index (χ0v) is 18.5. The molecule has 1 aliphatic heterocycles. The van der Waals surface area contributed by atoms with Gasteiger partial charge in [-0.05, 0) is 57.0 Å². The fourth-order valence-corrected chi connectivity index (χ4v) is 4.26. The first-order valence-electron chi connectivity index (χ1n) is 11.0. The van der Waals surface area contributed by atoms with Crippen molar-refractivity contribution in [1.82, 2.24) is 4.90 Å². The van der Waals surface area contributed by atoms with Crippen molar-refractivity contribution in [2.24, 2.45) is 0 Å². The summed E-state index contributed by atoms with van der Waals surface area (Å²) in [6.45, 7) is 5.96. The number of anilines is 1. The van der Waals surface area contributed by atoms with Gasteiger partial charge >= 0.3 is 0 Å². The summed E-state index contributed by atoms with van der Waals surface area (Å²) in [7, 11) is 0. The number of hydrogen-bond donors (Lipinski definition) is 0. The van der Waals surface area contributed by atoms with Crippen molar-refractivity contribution in [3.8, 4) is 0 Å². The van der Waals surface area contributed by atoms with E-state index in [9.17, 15) is 13.6 Å². The zero-order chi connectivity index (χ0) is 22.7. The Bertz CT molecular complexity index is 1070. The number of benzene rings is 3. The number of aryl methyl sites for hydroxylation is 2. The van der Waals surface area contributed by atoms with Crippen LogP contribution < -0.4 is 4.90 Å². The number of carbonyl (C=O) groups excluding carboxylic acids is 1. The van der Waals surface area contributed by atoms with E-state index >= 15 is 0 Å². The number of nitrogens with zero attached hydrogens (tertiary/aromatic N) is 2. The molecule has 1 saturated heterocycles. The molecule has 4 rings (SSSR count).